The monoisotopic (exact) mass is 2010 g/mol. The molecule has 0 aromatic rings. The van der Waals surface area contributed by atoms with Gasteiger partial charge in [-0.05, 0) is 218 Å². The molecule has 0 spiro atoms. The second-order valence-electron chi connectivity index (χ2n) is 43.9. The van der Waals surface area contributed by atoms with Gasteiger partial charge in [0, 0.05) is 38.9 Å². The van der Waals surface area contributed by atoms with E-state index in [1.165, 1.54) is 308 Å². The van der Waals surface area contributed by atoms with Crippen LogP contribution in [0.25, 0.3) is 0 Å². The number of nitrogens with zero attached hydrogens (tertiary/aromatic N) is 3. The van der Waals surface area contributed by atoms with Gasteiger partial charge in [-0.1, -0.05) is 458 Å². The van der Waals surface area contributed by atoms with Crippen molar-refractivity contribution in [1.29, 1.82) is 0 Å². The first-order valence-corrected chi connectivity index (χ1v) is 62.9. The molecule has 16 heteroatoms. The van der Waals surface area contributed by atoms with Crippen molar-refractivity contribution in [2.75, 3.05) is 105 Å². The fraction of sp³-hybridized carbons (Fsp3) is 0.929. The number of rotatable bonds is 118. The lowest BCUT2D eigenvalue weighted by Gasteiger charge is -2.28. The molecule has 3 N–H and O–H groups in total. The highest BCUT2D eigenvalue weighted by Crippen LogP contribution is 2.34. The summed E-state index contributed by atoms with van der Waals surface area (Å²) in [5.74, 6) is 1.99. The van der Waals surface area contributed by atoms with Gasteiger partial charge in [-0.15, -0.1) is 0 Å². The van der Waals surface area contributed by atoms with Crippen LogP contribution in [0.4, 0.5) is 0 Å². The Hall–Kier alpha value is -3.41. The molecular formula is C126H243N3O13. The zero-order valence-electron chi connectivity index (χ0n) is 95.9. The molecule has 0 aliphatic rings. The highest BCUT2D eigenvalue weighted by atomic mass is 16.6. The van der Waals surface area contributed by atoms with Gasteiger partial charge < -0.3 is 53.7 Å². The van der Waals surface area contributed by atoms with Crippen molar-refractivity contribution in [3.63, 3.8) is 0 Å². The van der Waals surface area contributed by atoms with Crippen LogP contribution in [0, 0.1) is 29.6 Å². The van der Waals surface area contributed by atoms with Crippen LogP contribution in [0.5, 0.6) is 0 Å². The van der Waals surface area contributed by atoms with Crippen LogP contribution in [-0.2, 0) is 47.7 Å². The smallest absolute Gasteiger partial charge is 0.308 e. The maximum atomic E-state index is 13.8. The Labute approximate surface area is 881 Å². The van der Waals surface area contributed by atoms with Gasteiger partial charge in [-0.3, -0.25) is 24.0 Å². The van der Waals surface area contributed by atoms with E-state index in [9.17, 15) is 39.3 Å². The first kappa shape index (κ1) is 139. The van der Waals surface area contributed by atoms with E-state index in [4.69, 9.17) is 23.7 Å². The number of aliphatic hydroxyl groups is 3. The molecule has 0 heterocycles. The largest absolute Gasteiger partial charge is 0.466 e. The van der Waals surface area contributed by atoms with Crippen LogP contribution < -0.4 is 0 Å². The van der Waals surface area contributed by atoms with E-state index in [2.05, 4.69) is 94.4 Å². The third kappa shape index (κ3) is 97.4. The minimum atomic E-state index is -0.0911. The Morgan fingerprint density at radius 2 is 0.507 bits per heavy atom. The van der Waals surface area contributed by atoms with Crippen molar-refractivity contribution >= 4 is 29.8 Å². The van der Waals surface area contributed by atoms with E-state index in [1.54, 1.807) is 0 Å². The molecule has 0 aliphatic carbocycles. The topological polar surface area (TPSA) is 202 Å². The Balaban J connectivity index is 4.57. The Morgan fingerprint density at radius 1 is 0.232 bits per heavy atom. The summed E-state index contributed by atoms with van der Waals surface area (Å²) in [6.45, 7) is 29.4. The molecule has 0 bridgehead atoms. The SMILES string of the molecule is CCCCCCCCCOC(=O)CCCCCCCN(CCO)CCCCCCCC/C=C\C/C=C\CCC(CC)CCCCCCCCC(CCCCCCCC)C(=O)OCCCCCCCN(CCO)CCCCCCCC(=O)OC(C)CCC(CCCCC)C(CC)CCCC(CCCCCCCC)C(=O)OCCCCCCCCCN(CCO)CCCCCCCC(=O)OCCCCCCCCC. The van der Waals surface area contributed by atoms with E-state index < -0.39 is 0 Å². The fourth-order valence-electron chi connectivity index (χ4n) is 21.1. The van der Waals surface area contributed by atoms with Crippen LogP contribution in [0.1, 0.15) is 614 Å². The van der Waals surface area contributed by atoms with Gasteiger partial charge in [0.25, 0.3) is 0 Å². The molecule has 0 aliphatic heterocycles. The number of aliphatic hydroxyl groups excluding tert-OH is 3. The van der Waals surface area contributed by atoms with Gasteiger partial charge in [0.05, 0.1) is 64.2 Å². The first-order chi connectivity index (χ1) is 69.8. The standard InChI is InChI=1S/C126H243N3O13/c1-9-16-21-25-42-63-82-112-138-122(133)95-73-54-45-59-78-102-127(106-109-130)100-76-57-40-35-33-31-29-30-32-34-37-49-68-87-117(14-6)88-69-50-38-39-53-72-91-120(90-70-51-27-23-18-11-3)125(136)140-115-85-66-48-62-81-105-129(108-111-132)104-80-61-47-56-75-97-124(135)142-116(8)98-99-119(89-67-20-13-5)118(15-7)93-86-94-121(92-71-52-28-24-19-12-4)126(137)141-114-84-65-44-36-41-58-77-101-128(107-110-131)103-79-60-46-55-74-96-123(134)139-113-83-64-43-26-22-17-10-2/h30,32,37,49,116-121,130-132H,9-29,31,33-36,38-48,50-115H2,1-8H3/b32-30-,49-37-. The lowest BCUT2D eigenvalue weighted by molar-refractivity contribution is -0.150. The molecule has 0 aromatic heterocycles. The van der Waals surface area contributed by atoms with E-state index in [0.29, 0.717) is 64.1 Å². The highest BCUT2D eigenvalue weighted by molar-refractivity contribution is 5.73. The van der Waals surface area contributed by atoms with Crippen molar-refractivity contribution in [1.82, 2.24) is 14.7 Å². The van der Waals surface area contributed by atoms with Crippen molar-refractivity contribution < 1.29 is 63.0 Å². The number of ether oxygens (including phenoxy) is 5. The van der Waals surface area contributed by atoms with Crippen molar-refractivity contribution in [2.24, 2.45) is 29.6 Å². The summed E-state index contributed by atoms with van der Waals surface area (Å²) in [4.78, 5) is 72.2. The fourth-order valence-corrected chi connectivity index (χ4v) is 21.1. The van der Waals surface area contributed by atoms with Gasteiger partial charge in [0.1, 0.15) is 0 Å². The van der Waals surface area contributed by atoms with Crippen LogP contribution in [-0.4, -0.2) is 171 Å². The van der Waals surface area contributed by atoms with Crippen LogP contribution in [0.15, 0.2) is 24.3 Å². The quantitative estimate of drug-likeness (QED) is 0.0224. The van der Waals surface area contributed by atoms with Crippen molar-refractivity contribution in [3.8, 4) is 0 Å². The summed E-state index contributed by atoms with van der Waals surface area (Å²) in [7, 11) is 0. The summed E-state index contributed by atoms with van der Waals surface area (Å²) < 4.78 is 29.1. The predicted octanol–water partition coefficient (Wildman–Crippen LogP) is 35.2. The second kappa shape index (κ2) is 113. The molecule has 0 rings (SSSR count). The zero-order chi connectivity index (χ0) is 103. The lowest BCUT2D eigenvalue weighted by atomic mass is 9.79. The molecule has 0 radical (unpaired) electrons. The van der Waals surface area contributed by atoms with Gasteiger partial charge in [0.15, 0.2) is 0 Å². The summed E-state index contributed by atoms with van der Waals surface area (Å²) in [5.41, 5.74) is 0. The maximum absolute atomic E-state index is 13.8. The minimum Gasteiger partial charge on any atom is -0.466 e. The third-order valence-corrected chi connectivity index (χ3v) is 30.7. The van der Waals surface area contributed by atoms with Crippen LogP contribution >= 0.6 is 0 Å². The molecule has 0 aromatic carbocycles. The highest BCUT2D eigenvalue weighted by Gasteiger charge is 2.26. The Kier molecular flexibility index (Phi) is 110. The van der Waals surface area contributed by atoms with E-state index in [1.807, 2.05) is 0 Å². The average molecular weight is 2010 g/mol. The summed E-state index contributed by atoms with van der Waals surface area (Å²) in [6.07, 6.45) is 109. The van der Waals surface area contributed by atoms with Crippen molar-refractivity contribution in [3.05, 3.63) is 24.3 Å². The normalized spacial score (nSPS) is 13.2. The van der Waals surface area contributed by atoms with Crippen LogP contribution in [0.3, 0.4) is 0 Å². The summed E-state index contributed by atoms with van der Waals surface area (Å²) in [6, 6.07) is 0. The zero-order valence-corrected chi connectivity index (χ0v) is 95.9. The van der Waals surface area contributed by atoms with Gasteiger partial charge in [-0.2, -0.15) is 0 Å². The van der Waals surface area contributed by atoms with E-state index >= 15 is 0 Å². The van der Waals surface area contributed by atoms with Crippen molar-refractivity contribution in [2.45, 2.75) is 620 Å². The van der Waals surface area contributed by atoms with Gasteiger partial charge in [-0.25, -0.2) is 0 Å². The number of hydrogen-bond donors (Lipinski definition) is 3. The van der Waals surface area contributed by atoms with E-state index in [0.717, 1.165) is 289 Å². The molecule has 142 heavy (non-hydrogen) atoms. The summed E-state index contributed by atoms with van der Waals surface area (Å²) in [5, 5.41) is 29.4. The molecule has 16 nitrogen and oxygen atoms in total. The summed E-state index contributed by atoms with van der Waals surface area (Å²) >= 11 is 0. The molecule has 0 saturated heterocycles. The molecule has 0 saturated carbocycles. The number of carbonyl (C=O) groups is 5. The number of allylic oxidation sites excluding steroid dienone is 4. The Morgan fingerprint density at radius 3 is 0.852 bits per heavy atom. The number of hydrogen-bond acceptors (Lipinski definition) is 16. The molecular weight excluding hydrogens is 1760 g/mol. The van der Waals surface area contributed by atoms with Gasteiger partial charge >= 0.3 is 29.8 Å². The molecule has 6 atom stereocenters. The lowest BCUT2D eigenvalue weighted by Crippen LogP contribution is -2.29. The molecule has 6 unspecified atom stereocenters. The third-order valence-electron chi connectivity index (χ3n) is 30.7. The number of carbonyl (C=O) groups excluding carboxylic acids is 5. The van der Waals surface area contributed by atoms with Crippen LogP contribution in [0.2, 0.25) is 0 Å². The van der Waals surface area contributed by atoms with E-state index in [-0.39, 0.29) is 67.6 Å². The Bertz CT molecular complexity index is 2660. The first-order valence-electron chi connectivity index (χ1n) is 62.9. The number of unbranched alkanes of at least 4 members (excludes halogenated alkanes) is 57. The van der Waals surface area contributed by atoms with Gasteiger partial charge in [0.2, 0.25) is 0 Å². The molecule has 0 amide bonds. The predicted molar refractivity (Wildman–Crippen MR) is 607 cm³/mol. The molecule has 840 valence electrons. The average Bonchev–Trinajstić information content (AvgIpc) is 0.907. The maximum Gasteiger partial charge on any atom is 0.308 e. The molecule has 0 fully saturated rings. The number of esters is 5. The second-order valence-corrected chi connectivity index (χ2v) is 43.9. The minimum absolute atomic E-state index is 0.0189.